The minimum absolute atomic E-state index is 0.364. The van der Waals surface area contributed by atoms with Gasteiger partial charge in [0, 0.05) is 0 Å². The van der Waals surface area contributed by atoms with Gasteiger partial charge in [0.1, 0.15) is 0 Å². The summed E-state index contributed by atoms with van der Waals surface area (Å²) in [5.74, 6) is 0. The summed E-state index contributed by atoms with van der Waals surface area (Å²) in [6, 6.07) is 11.4. The summed E-state index contributed by atoms with van der Waals surface area (Å²) in [4.78, 5) is 11.7. The van der Waals surface area contributed by atoms with Gasteiger partial charge >= 0.3 is 6.03 Å². The first-order chi connectivity index (χ1) is 10.5. The molecular formula is C17H22N4O. The van der Waals surface area contributed by atoms with Gasteiger partial charge in [-0.1, -0.05) is 12.1 Å². The van der Waals surface area contributed by atoms with Gasteiger partial charge in [-0.05, 0) is 74.2 Å². The Balaban J connectivity index is 1.82. The Morgan fingerprint density at radius 3 is 1.45 bits per heavy atom. The molecular weight excluding hydrogens is 276 g/mol. The number of hydrogen-bond donors (Lipinski definition) is 4. The van der Waals surface area contributed by atoms with E-state index in [1.165, 1.54) is 22.3 Å². The molecule has 0 spiro atoms. The lowest BCUT2D eigenvalue weighted by molar-refractivity contribution is 0.244. The largest absolute Gasteiger partial charge is 0.352 e. The molecule has 5 nitrogen and oxygen atoms in total. The average molecular weight is 298 g/mol. The van der Waals surface area contributed by atoms with Gasteiger partial charge < -0.3 is 0 Å². The standard InChI is InChI=1S/C17H22N4O/c1-11-5-7-15(9-13(11)3)18-20-17(22)21-19-16-8-6-12(2)14(4)10-16/h5-10,18-19H,1-4H3,(H2,20,21,22). The fraction of sp³-hybridized carbons (Fsp3) is 0.235. The molecule has 2 rings (SSSR count). The zero-order valence-corrected chi connectivity index (χ0v) is 13.4. The summed E-state index contributed by atoms with van der Waals surface area (Å²) in [5, 5.41) is 0. The van der Waals surface area contributed by atoms with Crippen LogP contribution in [0.4, 0.5) is 16.2 Å². The number of carbonyl (C=O) groups is 1. The minimum Gasteiger partial charge on any atom is -0.297 e. The van der Waals surface area contributed by atoms with Gasteiger partial charge in [0.05, 0.1) is 11.4 Å². The van der Waals surface area contributed by atoms with E-state index in [0.717, 1.165) is 11.4 Å². The number of benzene rings is 2. The summed E-state index contributed by atoms with van der Waals surface area (Å²) in [6.07, 6.45) is 0. The van der Waals surface area contributed by atoms with E-state index in [9.17, 15) is 4.79 Å². The Morgan fingerprint density at radius 1 is 0.682 bits per heavy atom. The van der Waals surface area contributed by atoms with Crippen molar-refractivity contribution in [1.29, 1.82) is 0 Å². The molecule has 0 aliphatic carbocycles. The second kappa shape index (κ2) is 6.85. The maximum atomic E-state index is 11.7. The number of rotatable bonds is 4. The molecule has 0 bridgehead atoms. The van der Waals surface area contributed by atoms with Gasteiger partial charge in [-0.25, -0.2) is 4.79 Å². The first kappa shape index (κ1) is 15.7. The van der Waals surface area contributed by atoms with E-state index in [0.29, 0.717) is 0 Å². The lowest BCUT2D eigenvalue weighted by Gasteiger charge is -2.13. The van der Waals surface area contributed by atoms with Crippen LogP contribution in [0, 0.1) is 27.7 Å². The van der Waals surface area contributed by atoms with Crippen LogP contribution >= 0.6 is 0 Å². The van der Waals surface area contributed by atoms with E-state index in [1.54, 1.807) is 0 Å². The molecule has 0 saturated heterocycles. The van der Waals surface area contributed by atoms with Crippen LogP contribution in [-0.2, 0) is 0 Å². The van der Waals surface area contributed by atoms with Crippen LogP contribution in [0.25, 0.3) is 0 Å². The van der Waals surface area contributed by atoms with Crippen molar-refractivity contribution in [2.75, 3.05) is 10.9 Å². The molecule has 0 heterocycles. The molecule has 0 radical (unpaired) electrons. The van der Waals surface area contributed by atoms with E-state index >= 15 is 0 Å². The van der Waals surface area contributed by atoms with Gasteiger partial charge in [0.15, 0.2) is 0 Å². The van der Waals surface area contributed by atoms with E-state index in [-0.39, 0.29) is 6.03 Å². The second-order valence-electron chi connectivity index (χ2n) is 5.43. The van der Waals surface area contributed by atoms with Gasteiger partial charge in [0.25, 0.3) is 0 Å². The fourth-order valence-corrected chi connectivity index (χ4v) is 1.93. The summed E-state index contributed by atoms with van der Waals surface area (Å²) in [5.41, 5.74) is 17.3. The van der Waals surface area contributed by atoms with Crippen molar-refractivity contribution in [3.63, 3.8) is 0 Å². The molecule has 0 aromatic heterocycles. The van der Waals surface area contributed by atoms with E-state index in [1.807, 2.05) is 64.1 Å². The highest BCUT2D eigenvalue weighted by Crippen LogP contribution is 2.14. The van der Waals surface area contributed by atoms with Crippen molar-refractivity contribution in [2.24, 2.45) is 0 Å². The van der Waals surface area contributed by atoms with Gasteiger partial charge in [0.2, 0.25) is 0 Å². The molecule has 4 N–H and O–H groups in total. The molecule has 0 saturated carbocycles. The number of aryl methyl sites for hydroxylation is 4. The normalized spacial score (nSPS) is 10.0. The van der Waals surface area contributed by atoms with Crippen molar-refractivity contribution in [1.82, 2.24) is 10.9 Å². The van der Waals surface area contributed by atoms with E-state index in [2.05, 4.69) is 21.7 Å². The molecule has 2 aromatic carbocycles. The van der Waals surface area contributed by atoms with Gasteiger partial charge in [-0.15, -0.1) is 0 Å². The molecule has 2 amide bonds. The molecule has 0 atom stereocenters. The van der Waals surface area contributed by atoms with Crippen LogP contribution in [0.3, 0.4) is 0 Å². The minimum atomic E-state index is -0.364. The maximum Gasteiger partial charge on any atom is 0.352 e. The predicted octanol–water partition coefficient (Wildman–Crippen LogP) is 3.57. The molecule has 116 valence electrons. The molecule has 0 fully saturated rings. The third-order valence-corrected chi connectivity index (χ3v) is 3.65. The summed E-state index contributed by atoms with van der Waals surface area (Å²) >= 11 is 0. The SMILES string of the molecule is Cc1ccc(NNC(=O)NNc2ccc(C)c(C)c2)cc1C. The zero-order valence-electron chi connectivity index (χ0n) is 13.4. The topological polar surface area (TPSA) is 65.2 Å². The highest BCUT2D eigenvalue weighted by atomic mass is 16.2. The van der Waals surface area contributed by atoms with Crippen LogP contribution in [0.15, 0.2) is 36.4 Å². The van der Waals surface area contributed by atoms with Crippen LogP contribution in [-0.4, -0.2) is 6.03 Å². The monoisotopic (exact) mass is 298 g/mol. The van der Waals surface area contributed by atoms with Crippen molar-refractivity contribution in [2.45, 2.75) is 27.7 Å². The van der Waals surface area contributed by atoms with E-state index < -0.39 is 0 Å². The van der Waals surface area contributed by atoms with Gasteiger partial charge in [-0.2, -0.15) is 0 Å². The molecule has 22 heavy (non-hydrogen) atoms. The lowest BCUT2D eigenvalue weighted by atomic mass is 10.1. The number of anilines is 2. The first-order valence-electron chi connectivity index (χ1n) is 7.18. The van der Waals surface area contributed by atoms with Crippen LogP contribution < -0.4 is 21.7 Å². The zero-order chi connectivity index (χ0) is 16.1. The van der Waals surface area contributed by atoms with Crippen molar-refractivity contribution >= 4 is 17.4 Å². The Bertz CT molecular complexity index is 625. The molecule has 5 heteroatoms. The summed E-state index contributed by atoms with van der Waals surface area (Å²) in [7, 11) is 0. The number of hydrazine groups is 2. The van der Waals surface area contributed by atoms with Crippen LogP contribution in [0.5, 0.6) is 0 Å². The smallest absolute Gasteiger partial charge is 0.297 e. The summed E-state index contributed by atoms with van der Waals surface area (Å²) in [6.45, 7) is 8.16. The molecule has 0 aliphatic rings. The van der Waals surface area contributed by atoms with Crippen molar-refractivity contribution < 1.29 is 4.79 Å². The highest BCUT2D eigenvalue weighted by molar-refractivity contribution is 5.77. The molecule has 0 aliphatic heterocycles. The van der Waals surface area contributed by atoms with Crippen molar-refractivity contribution in [3.05, 3.63) is 58.7 Å². The molecule has 0 unspecified atom stereocenters. The lowest BCUT2D eigenvalue weighted by Crippen LogP contribution is -2.41. The van der Waals surface area contributed by atoms with Crippen LogP contribution in [0.2, 0.25) is 0 Å². The molecule has 2 aromatic rings. The maximum absolute atomic E-state index is 11.7. The highest BCUT2D eigenvalue weighted by Gasteiger charge is 2.01. The number of amides is 2. The average Bonchev–Trinajstić information content (AvgIpc) is 2.49. The second-order valence-corrected chi connectivity index (χ2v) is 5.43. The Kier molecular flexibility index (Phi) is 4.88. The Hall–Kier alpha value is -2.69. The van der Waals surface area contributed by atoms with E-state index in [4.69, 9.17) is 0 Å². The Morgan fingerprint density at radius 2 is 1.09 bits per heavy atom. The number of carbonyl (C=O) groups excluding carboxylic acids is 1. The number of urea groups is 1. The third-order valence-electron chi connectivity index (χ3n) is 3.65. The first-order valence-corrected chi connectivity index (χ1v) is 7.18. The van der Waals surface area contributed by atoms with Crippen molar-refractivity contribution in [3.8, 4) is 0 Å². The predicted molar refractivity (Wildman–Crippen MR) is 90.7 cm³/mol. The summed E-state index contributed by atoms with van der Waals surface area (Å²) < 4.78 is 0. The Labute approximate surface area is 131 Å². The third kappa shape index (κ3) is 4.15. The number of hydrogen-bond acceptors (Lipinski definition) is 3. The van der Waals surface area contributed by atoms with Crippen LogP contribution in [0.1, 0.15) is 22.3 Å². The fourth-order valence-electron chi connectivity index (χ4n) is 1.93. The number of nitrogens with one attached hydrogen (secondary N) is 4. The van der Waals surface area contributed by atoms with Gasteiger partial charge in [-0.3, -0.25) is 21.7 Å². The quantitative estimate of drug-likeness (QED) is 0.652.